The number of alkyl carbamates (subject to hydrolysis) is 1. The van der Waals surface area contributed by atoms with Gasteiger partial charge in [0, 0.05) is 111 Å². The predicted molar refractivity (Wildman–Crippen MR) is 354 cm³/mol. The number of methoxy groups -OCH3 is 1. The lowest BCUT2D eigenvalue weighted by atomic mass is 9.89. The maximum atomic E-state index is 14.6. The number of nitrogens with two attached hydrogens (primary N) is 1. The number of aryl methyl sites for hydroxylation is 1. The van der Waals surface area contributed by atoms with Crippen molar-refractivity contribution in [2.45, 2.75) is 58.6 Å². The molecular formula is C67H78ClN11O17. The van der Waals surface area contributed by atoms with Gasteiger partial charge in [-0.3, -0.25) is 33.7 Å². The van der Waals surface area contributed by atoms with Crippen LogP contribution in [0.1, 0.15) is 76.6 Å². The van der Waals surface area contributed by atoms with Gasteiger partial charge in [-0.25, -0.2) is 24.2 Å². The Balaban J connectivity index is 0.845. The molecule has 510 valence electrons. The third-order valence-electron chi connectivity index (χ3n) is 15.9. The van der Waals surface area contributed by atoms with Crippen LogP contribution in [0.5, 0.6) is 11.5 Å². The number of likely N-dealkylation sites (N-methyl/N-ethyl adjacent to an activating group) is 1. The van der Waals surface area contributed by atoms with Crippen LogP contribution in [0.3, 0.4) is 0 Å². The van der Waals surface area contributed by atoms with Crippen molar-refractivity contribution in [3.63, 3.8) is 0 Å². The standard InChI is InChI=1S/C67H78ClN11O17/c1-40(2)60(75-65(88)94-31-29-92-27-25-78-56(82)19-20-57(78)83)53(81)33-44(9-7-21-70-64(69)87)62(85)72-47-15-11-42(12-16-47)39-95-66(89)76(4)22-23-77(24-26-80)67(90)96-54-35-52-59(58-41(3)8-6-10-49(54)58)46(36-68)38-79(52)63(86)50-32-45-34-55(71-37-51(45)73-50)74-61(84)43-13-17-48(18-14-43)93-30-28-91-5/h6,8,10-20,32,34-35,37,40,44,46,60,73,80H,7,9,21-31,33,36,38-39H2,1-5H3,(H,72,85)(H,75,88)(H3,69,70,87)(H,71,74,84)/t44-,46-,60+/m1/s1. The number of alkyl halides is 1. The maximum Gasteiger partial charge on any atom is 0.415 e. The molecule has 0 spiro atoms. The number of aromatic nitrogens is 2. The first-order valence-corrected chi connectivity index (χ1v) is 31.6. The summed E-state index contributed by atoms with van der Waals surface area (Å²) in [6.07, 6.45) is 1.53. The zero-order chi connectivity index (χ0) is 69.0. The minimum Gasteiger partial charge on any atom is -0.491 e. The Hall–Kier alpha value is -10.2. The number of fused-ring (bicyclic) bond motifs is 4. The summed E-state index contributed by atoms with van der Waals surface area (Å²) in [6.45, 7) is 5.37. The number of amides is 10. The van der Waals surface area contributed by atoms with Crippen molar-refractivity contribution in [1.29, 1.82) is 0 Å². The van der Waals surface area contributed by atoms with Crippen LogP contribution in [0, 0.1) is 18.8 Å². The Morgan fingerprint density at radius 1 is 0.865 bits per heavy atom. The summed E-state index contributed by atoms with van der Waals surface area (Å²) in [5.74, 6) is -3.11. The number of aliphatic hydroxyl groups is 1. The fourth-order valence-electron chi connectivity index (χ4n) is 10.8. The molecule has 0 saturated carbocycles. The van der Waals surface area contributed by atoms with Crippen LogP contribution in [0.15, 0.2) is 103 Å². The summed E-state index contributed by atoms with van der Waals surface area (Å²) in [6, 6.07) is 21.8. The van der Waals surface area contributed by atoms with Gasteiger partial charge in [-0.15, -0.1) is 11.6 Å². The quantitative estimate of drug-likeness (QED) is 0.0124. The number of nitrogens with one attached hydrogen (secondary N) is 5. The highest BCUT2D eigenvalue weighted by atomic mass is 35.5. The molecule has 6 aromatic rings. The number of nitrogens with zero attached hydrogens (tertiary/aromatic N) is 5. The number of aliphatic hydroxyl groups excluding tert-OH is 1. The van der Waals surface area contributed by atoms with E-state index >= 15 is 0 Å². The van der Waals surface area contributed by atoms with E-state index < -0.39 is 84.1 Å². The Kier molecular flexibility index (Phi) is 25.6. The SMILES string of the molecule is COCCOc1ccc(C(=O)Nc2cc3cc(C(=O)N4C[C@@H](CCl)c5c4cc(OC(=O)N(CCO)CCN(C)C(=O)OCc4ccc(NC(=O)[C@H](CCCNC(N)=O)CC(=O)[C@@H](NC(=O)OCCOCCN6C(=O)C=CC6=O)C(C)C)cc4)c4cccc(C)c54)[nH]c3cn2)cc1. The molecule has 0 radical (unpaired) electrons. The molecule has 2 aromatic heterocycles. The molecule has 29 heteroatoms. The molecule has 3 atom stereocenters. The Bertz CT molecular complexity index is 3830. The van der Waals surface area contributed by atoms with Gasteiger partial charge in [-0.2, -0.15) is 0 Å². The summed E-state index contributed by atoms with van der Waals surface area (Å²) in [5.41, 5.74) is 9.42. The number of halogens is 1. The Morgan fingerprint density at radius 3 is 2.31 bits per heavy atom. The third-order valence-corrected chi connectivity index (χ3v) is 16.3. The molecule has 0 fully saturated rings. The van der Waals surface area contributed by atoms with Gasteiger partial charge < -0.3 is 80.2 Å². The van der Waals surface area contributed by atoms with Crippen LogP contribution in [-0.4, -0.2) is 194 Å². The van der Waals surface area contributed by atoms with Crippen LogP contribution in [0.25, 0.3) is 21.7 Å². The van der Waals surface area contributed by atoms with Crippen LogP contribution >= 0.6 is 11.6 Å². The highest BCUT2D eigenvalue weighted by molar-refractivity contribution is 6.20. The summed E-state index contributed by atoms with van der Waals surface area (Å²) < 4.78 is 32.9. The van der Waals surface area contributed by atoms with Crippen molar-refractivity contribution in [3.8, 4) is 11.5 Å². The summed E-state index contributed by atoms with van der Waals surface area (Å²) in [5, 5.41) is 22.7. The van der Waals surface area contributed by atoms with Crippen molar-refractivity contribution >= 4 is 110 Å². The van der Waals surface area contributed by atoms with Gasteiger partial charge in [-0.05, 0) is 96.3 Å². The molecule has 2 aliphatic rings. The molecule has 0 saturated heterocycles. The Labute approximate surface area is 558 Å². The van der Waals surface area contributed by atoms with E-state index in [0.29, 0.717) is 57.8 Å². The molecule has 28 nitrogen and oxygen atoms in total. The lowest BCUT2D eigenvalue weighted by Gasteiger charge is -2.25. The lowest BCUT2D eigenvalue weighted by molar-refractivity contribution is -0.137. The minimum absolute atomic E-state index is 0.0197. The van der Waals surface area contributed by atoms with Crippen molar-refractivity contribution < 1.29 is 81.5 Å². The van der Waals surface area contributed by atoms with E-state index in [9.17, 15) is 53.1 Å². The zero-order valence-corrected chi connectivity index (χ0v) is 54.6. The zero-order valence-electron chi connectivity index (χ0n) is 53.8. The number of carbonyl (C=O) groups excluding carboxylic acids is 10. The summed E-state index contributed by atoms with van der Waals surface area (Å²) in [4.78, 5) is 143. The first-order valence-electron chi connectivity index (χ1n) is 31.1. The molecule has 4 heterocycles. The molecule has 96 heavy (non-hydrogen) atoms. The van der Waals surface area contributed by atoms with Crippen molar-refractivity contribution in [1.82, 2.24) is 35.3 Å². The van der Waals surface area contributed by atoms with Crippen LogP contribution in [0.4, 0.5) is 36.4 Å². The molecular weight excluding hydrogens is 1270 g/mol. The smallest absolute Gasteiger partial charge is 0.415 e. The van der Waals surface area contributed by atoms with Crippen molar-refractivity contribution in [2.75, 3.05) is 114 Å². The summed E-state index contributed by atoms with van der Waals surface area (Å²) >= 11 is 6.65. The number of pyridine rings is 1. The number of urea groups is 1. The molecule has 2 aliphatic heterocycles. The van der Waals surface area contributed by atoms with Crippen molar-refractivity contribution in [2.24, 2.45) is 17.6 Å². The normalized spacial score (nSPS) is 13.9. The highest BCUT2D eigenvalue weighted by Crippen LogP contribution is 2.47. The fourth-order valence-corrected chi connectivity index (χ4v) is 11.1. The van der Waals surface area contributed by atoms with E-state index in [1.54, 1.807) is 98.7 Å². The average molecular weight is 1340 g/mol. The van der Waals surface area contributed by atoms with E-state index in [2.05, 4.69) is 31.2 Å². The third kappa shape index (κ3) is 19.0. The number of Topliss-reactive ketones (excluding diaryl/α,β-unsaturated/α-hetero) is 1. The number of benzene rings is 4. The number of ether oxygens (including phenoxy) is 6. The number of rotatable bonds is 33. The van der Waals surface area contributed by atoms with E-state index in [4.69, 9.17) is 45.8 Å². The number of anilines is 3. The van der Waals surface area contributed by atoms with Crippen LogP contribution < -0.4 is 41.4 Å². The number of hydrogen-bond acceptors (Lipinski definition) is 18. The fraction of sp³-hybridized carbons (Fsp3) is 0.388. The number of primary amides is 1. The molecule has 10 amide bonds. The number of hydrogen-bond donors (Lipinski definition) is 7. The molecule has 0 aliphatic carbocycles. The molecule has 8 N–H and O–H groups in total. The van der Waals surface area contributed by atoms with Gasteiger partial charge in [0.2, 0.25) is 5.91 Å². The van der Waals surface area contributed by atoms with E-state index in [-0.39, 0.29) is 114 Å². The molecule has 4 aromatic carbocycles. The second kappa shape index (κ2) is 34.3. The molecule has 8 rings (SSSR count). The van der Waals surface area contributed by atoms with Gasteiger partial charge in [-0.1, -0.05) is 44.2 Å². The van der Waals surface area contributed by atoms with E-state index in [1.165, 1.54) is 23.0 Å². The first-order chi connectivity index (χ1) is 46.2. The summed E-state index contributed by atoms with van der Waals surface area (Å²) in [7, 11) is 3.05. The van der Waals surface area contributed by atoms with Crippen LogP contribution in [0.2, 0.25) is 0 Å². The number of ketones is 1. The topological polar surface area (TPSA) is 362 Å². The lowest BCUT2D eigenvalue weighted by Crippen LogP contribution is -2.46. The molecule has 0 bridgehead atoms. The van der Waals surface area contributed by atoms with Gasteiger partial charge in [0.25, 0.3) is 23.6 Å². The largest absolute Gasteiger partial charge is 0.491 e. The van der Waals surface area contributed by atoms with E-state index in [1.807, 2.05) is 19.1 Å². The maximum absolute atomic E-state index is 14.6. The van der Waals surface area contributed by atoms with Crippen molar-refractivity contribution in [3.05, 3.63) is 131 Å². The monoisotopic (exact) mass is 1340 g/mol. The highest BCUT2D eigenvalue weighted by Gasteiger charge is 2.37. The van der Waals surface area contributed by atoms with Gasteiger partial charge in [0.1, 0.15) is 42.8 Å². The average Bonchev–Trinajstić information content (AvgIpc) is 1.55. The predicted octanol–water partition coefficient (Wildman–Crippen LogP) is 7.00. The number of carbonyl (C=O) groups is 10. The second-order valence-corrected chi connectivity index (χ2v) is 23.4. The van der Waals surface area contributed by atoms with Crippen LogP contribution in [-0.2, 0) is 44.7 Å². The Morgan fingerprint density at radius 2 is 1.61 bits per heavy atom. The number of H-pyrrole nitrogens is 1. The minimum atomic E-state index is -1.04. The number of imide groups is 1. The van der Waals surface area contributed by atoms with Gasteiger partial charge >= 0.3 is 24.3 Å². The van der Waals surface area contributed by atoms with Gasteiger partial charge in [0.15, 0.2) is 5.78 Å². The second-order valence-electron chi connectivity index (χ2n) is 23.0. The first kappa shape index (κ1) is 71.7. The van der Waals surface area contributed by atoms with E-state index in [0.717, 1.165) is 33.6 Å². The number of aromatic amines is 1. The van der Waals surface area contributed by atoms with Gasteiger partial charge in [0.05, 0.1) is 56.4 Å². The molecule has 0 unspecified atom stereocenters.